The molecule has 0 saturated carbocycles. The zero-order chi connectivity index (χ0) is 18.4. The molecule has 0 bridgehead atoms. The van der Waals surface area contributed by atoms with Crippen molar-refractivity contribution in [2.75, 3.05) is 20.3 Å². The van der Waals surface area contributed by atoms with E-state index in [0.717, 1.165) is 28.1 Å². The SMILES string of the molecule is COc1ccc(-c2[nH]ncc2CNCC(CO)c2ccccc2Cl)cc1. The predicted octanol–water partition coefficient (Wildman–Crippen LogP) is 3.60. The Morgan fingerprint density at radius 3 is 2.65 bits per heavy atom. The number of hydrogen-bond donors (Lipinski definition) is 3. The van der Waals surface area contributed by atoms with Gasteiger partial charge in [0.15, 0.2) is 0 Å². The zero-order valence-corrected chi connectivity index (χ0v) is 15.3. The van der Waals surface area contributed by atoms with Crippen LogP contribution < -0.4 is 10.1 Å². The highest BCUT2D eigenvalue weighted by Crippen LogP contribution is 2.25. The molecule has 26 heavy (non-hydrogen) atoms. The molecule has 0 saturated heterocycles. The summed E-state index contributed by atoms with van der Waals surface area (Å²) in [6.45, 7) is 1.29. The van der Waals surface area contributed by atoms with E-state index in [-0.39, 0.29) is 12.5 Å². The molecule has 0 radical (unpaired) electrons. The number of nitrogens with one attached hydrogen (secondary N) is 2. The van der Waals surface area contributed by atoms with Gasteiger partial charge in [-0.15, -0.1) is 0 Å². The summed E-state index contributed by atoms with van der Waals surface area (Å²) in [4.78, 5) is 0. The maximum absolute atomic E-state index is 9.71. The van der Waals surface area contributed by atoms with E-state index in [1.165, 1.54) is 0 Å². The van der Waals surface area contributed by atoms with Gasteiger partial charge in [-0.25, -0.2) is 0 Å². The molecule has 0 spiro atoms. The average Bonchev–Trinajstić information content (AvgIpc) is 3.14. The van der Waals surface area contributed by atoms with Crippen molar-refractivity contribution < 1.29 is 9.84 Å². The Morgan fingerprint density at radius 1 is 1.19 bits per heavy atom. The molecule has 0 aliphatic heterocycles. The van der Waals surface area contributed by atoms with Crippen LogP contribution in [0.25, 0.3) is 11.3 Å². The number of rotatable bonds is 8. The van der Waals surface area contributed by atoms with E-state index in [4.69, 9.17) is 16.3 Å². The van der Waals surface area contributed by atoms with E-state index in [2.05, 4.69) is 15.5 Å². The Kier molecular flexibility index (Phi) is 6.28. The molecule has 6 heteroatoms. The van der Waals surface area contributed by atoms with Gasteiger partial charge in [0.1, 0.15) is 5.75 Å². The topological polar surface area (TPSA) is 70.2 Å². The van der Waals surface area contributed by atoms with Crippen molar-refractivity contribution in [3.63, 3.8) is 0 Å². The molecule has 5 nitrogen and oxygen atoms in total. The Bertz CT molecular complexity index is 833. The van der Waals surface area contributed by atoms with Crippen LogP contribution in [0.2, 0.25) is 5.02 Å². The van der Waals surface area contributed by atoms with Crippen LogP contribution in [0.4, 0.5) is 0 Å². The Balaban J connectivity index is 1.65. The molecule has 0 aliphatic rings. The number of H-pyrrole nitrogens is 1. The summed E-state index contributed by atoms with van der Waals surface area (Å²) < 4.78 is 5.20. The lowest BCUT2D eigenvalue weighted by Gasteiger charge is -2.17. The smallest absolute Gasteiger partial charge is 0.118 e. The van der Waals surface area contributed by atoms with E-state index in [1.807, 2.05) is 54.7 Å². The number of hydrogen-bond acceptors (Lipinski definition) is 4. The summed E-state index contributed by atoms with van der Waals surface area (Å²) >= 11 is 6.24. The average molecular weight is 372 g/mol. The number of benzene rings is 2. The molecule has 1 atom stereocenters. The normalized spacial score (nSPS) is 12.1. The summed E-state index contributed by atoms with van der Waals surface area (Å²) in [5.74, 6) is 0.763. The van der Waals surface area contributed by atoms with Gasteiger partial charge in [-0.3, -0.25) is 5.10 Å². The Labute approximate surface area is 158 Å². The summed E-state index contributed by atoms with van der Waals surface area (Å²) in [5.41, 5.74) is 4.03. The summed E-state index contributed by atoms with van der Waals surface area (Å²) in [5, 5.41) is 21.0. The highest BCUT2D eigenvalue weighted by Gasteiger charge is 2.14. The lowest BCUT2D eigenvalue weighted by Crippen LogP contribution is -2.23. The van der Waals surface area contributed by atoms with Crippen LogP contribution in [0.5, 0.6) is 5.75 Å². The first-order valence-corrected chi connectivity index (χ1v) is 8.83. The molecule has 3 aromatic rings. The van der Waals surface area contributed by atoms with Crippen molar-refractivity contribution in [3.8, 4) is 17.0 Å². The van der Waals surface area contributed by atoms with Gasteiger partial charge < -0.3 is 15.2 Å². The van der Waals surface area contributed by atoms with E-state index in [9.17, 15) is 5.11 Å². The standard InChI is InChI=1S/C20H22ClN3O2/c1-26-17-8-6-14(7-9-17)20-15(12-23-24-20)10-22-11-16(13-25)18-4-2-3-5-19(18)21/h2-9,12,16,22,25H,10-11,13H2,1H3,(H,23,24). The monoisotopic (exact) mass is 371 g/mol. The van der Waals surface area contributed by atoms with Crippen LogP contribution in [0.15, 0.2) is 54.7 Å². The largest absolute Gasteiger partial charge is 0.497 e. The minimum atomic E-state index is -0.0555. The van der Waals surface area contributed by atoms with Crippen LogP contribution in [0.1, 0.15) is 17.0 Å². The number of aromatic amines is 1. The van der Waals surface area contributed by atoms with Crippen molar-refractivity contribution >= 4 is 11.6 Å². The second kappa shape index (κ2) is 8.85. The first-order valence-electron chi connectivity index (χ1n) is 8.45. The van der Waals surface area contributed by atoms with Crippen molar-refractivity contribution in [2.45, 2.75) is 12.5 Å². The third-order valence-electron chi connectivity index (χ3n) is 4.37. The summed E-state index contributed by atoms with van der Waals surface area (Å²) in [6.07, 6.45) is 1.82. The van der Waals surface area contributed by atoms with Gasteiger partial charge in [-0.2, -0.15) is 5.10 Å². The van der Waals surface area contributed by atoms with Crippen LogP contribution in [0, 0.1) is 0 Å². The number of aliphatic hydroxyl groups is 1. The third kappa shape index (κ3) is 4.25. The highest BCUT2D eigenvalue weighted by atomic mass is 35.5. The molecule has 3 rings (SSSR count). The second-order valence-electron chi connectivity index (χ2n) is 6.03. The molecule has 1 aromatic heterocycles. The fraction of sp³-hybridized carbons (Fsp3) is 0.250. The quantitative estimate of drug-likeness (QED) is 0.565. The molecular weight excluding hydrogens is 350 g/mol. The van der Waals surface area contributed by atoms with Crippen molar-refractivity contribution in [1.29, 1.82) is 0 Å². The van der Waals surface area contributed by atoms with Gasteiger partial charge in [0.2, 0.25) is 0 Å². The van der Waals surface area contributed by atoms with Gasteiger partial charge in [0.05, 0.1) is 25.6 Å². The third-order valence-corrected chi connectivity index (χ3v) is 4.71. The lowest BCUT2D eigenvalue weighted by atomic mass is 10.00. The number of aromatic nitrogens is 2. The molecule has 0 fully saturated rings. The Morgan fingerprint density at radius 2 is 1.96 bits per heavy atom. The molecule has 0 amide bonds. The molecule has 0 aliphatic carbocycles. The fourth-order valence-corrected chi connectivity index (χ4v) is 3.20. The second-order valence-corrected chi connectivity index (χ2v) is 6.44. The maximum Gasteiger partial charge on any atom is 0.118 e. The minimum Gasteiger partial charge on any atom is -0.497 e. The fourth-order valence-electron chi connectivity index (χ4n) is 2.91. The molecule has 3 N–H and O–H groups in total. The molecule has 136 valence electrons. The van der Waals surface area contributed by atoms with Crippen LogP contribution in [-0.2, 0) is 6.54 Å². The summed E-state index contributed by atoms with van der Waals surface area (Å²) in [7, 11) is 1.65. The van der Waals surface area contributed by atoms with Gasteiger partial charge >= 0.3 is 0 Å². The van der Waals surface area contributed by atoms with E-state index in [1.54, 1.807) is 7.11 Å². The van der Waals surface area contributed by atoms with Crippen molar-refractivity contribution in [3.05, 3.63) is 70.9 Å². The van der Waals surface area contributed by atoms with Crippen molar-refractivity contribution in [1.82, 2.24) is 15.5 Å². The van der Waals surface area contributed by atoms with Crippen LogP contribution in [0.3, 0.4) is 0 Å². The lowest BCUT2D eigenvalue weighted by molar-refractivity contribution is 0.261. The van der Waals surface area contributed by atoms with Gasteiger partial charge in [0.25, 0.3) is 0 Å². The first-order chi connectivity index (χ1) is 12.7. The van der Waals surface area contributed by atoms with E-state index >= 15 is 0 Å². The number of nitrogens with zero attached hydrogens (tertiary/aromatic N) is 1. The molecule has 2 aromatic carbocycles. The van der Waals surface area contributed by atoms with Crippen LogP contribution in [-0.4, -0.2) is 35.6 Å². The van der Waals surface area contributed by atoms with E-state index < -0.39 is 0 Å². The maximum atomic E-state index is 9.71. The number of methoxy groups -OCH3 is 1. The van der Waals surface area contributed by atoms with Crippen LogP contribution >= 0.6 is 11.6 Å². The molecular formula is C20H22ClN3O2. The minimum absolute atomic E-state index is 0.0352. The van der Waals surface area contributed by atoms with E-state index in [0.29, 0.717) is 18.1 Å². The number of ether oxygens (including phenoxy) is 1. The van der Waals surface area contributed by atoms with Gasteiger partial charge in [0, 0.05) is 35.2 Å². The summed E-state index contributed by atoms with van der Waals surface area (Å²) in [6, 6.07) is 15.5. The number of aliphatic hydroxyl groups excluding tert-OH is 1. The van der Waals surface area contributed by atoms with Gasteiger partial charge in [-0.05, 0) is 35.9 Å². The van der Waals surface area contributed by atoms with Crippen molar-refractivity contribution in [2.24, 2.45) is 0 Å². The highest BCUT2D eigenvalue weighted by molar-refractivity contribution is 6.31. The Hall–Kier alpha value is -2.34. The molecule has 1 unspecified atom stereocenters. The predicted molar refractivity (Wildman–Crippen MR) is 104 cm³/mol. The first kappa shape index (κ1) is 18.5. The number of halogens is 1. The zero-order valence-electron chi connectivity index (χ0n) is 14.6. The molecule has 1 heterocycles. The van der Waals surface area contributed by atoms with Gasteiger partial charge in [-0.1, -0.05) is 29.8 Å².